The van der Waals surface area contributed by atoms with Crippen LogP contribution >= 0.6 is 0 Å². The third-order valence-corrected chi connectivity index (χ3v) is 2.82. The first-order valence-corrected chi connectivity index (χ1v) is 5.33. The third-order valence-electron chi connectivity index (χ3n) is 2.82. The molecule has 1 aliphatic rings. The SMILES string of the molecule is CN1CCNCC1CCCCC(=O)O. The van der Waals surface area contributed by atoms with Crippen LogP contribution in [0.4, 0.5) is 0 Å². The van der Waals surface area contributed by atoms with Crippen LogP contribution in [-0.4, -0.2) is 48.7 Å². The summed E-state index contributed by atoms with van der Waals surface area (Å²) in [4.78, 5) is 12.7. The van der Waals surface area contributed by atoms with Crippen LogP contribution in [0.25, 0.3) is 0 Å². The molecule has 1 atom stereocenters. The van der Waals surface area contributed by atoms with Gasteiger partial charge in [-0.1, -0.05) is 6.42 Å². The van der Waals surface area contributed by atoms with E-state index < -0.39 is 5.97 Å². The first-order valence-electron chi connectivity index (χ1n) is 5.33. The maximum absolute atomic E-state index is 10.3. The fourth-order valence-electron chi connectivity index (χ4n) is 1.84. The van der Waals surface area contributed by atoms with Crippen molar-refractivity contribution >= 4 is 5.97 Å². The number of likely N-dealkylation sites (N-methyl/N-ethyl adjacent to an activating group) is 1. The number of nitrogens with one attached hydrogen (secondary N) is 1. The van der Waals surface area contributed by atoms with E-state index in [1.165, 1.54) is 0 Å². The molecule has 0 bridgehead atoms. The summed E-state index contributed by atoms with van der Waals surface area (Å²) < 4.78 is 0. The highest BCUT2D eigenvalue weighted by molar-refractivity contribution is 5.66. The number of carboxylic acid groups (broad SMARTS) is 1. The molecule has 0 aromatic carbocycles. The molecule has 0 aromatic rings. The van der Waals surface area contributed by atoms with Crippen LogP contribution in [0.5, 0.6) is 0 Å². The second-order valence-electron chi connectivity index (χ2n) is 3.98. The van der Waals surface area contributed by atoms with E-state index in [9.17, 15) is 4.79 Å². The monoisotopic (exact) mass is 200 g/mol. The summed E-state index contributed by atoms with van der Waals surface area (Å²) >= 11 is 0. The molecule has 1 fully saturated rings. The fourth-order valence-corrected chi connectivity index (χ4v) is 1.84. The van der Waals surface area contributed by atoms with Gasteiger partial charge in [0.25, 0.3) is 0 Å². The molecule has 1 rings (SSSR count). The number of piperazine rings is 1. The topological polar surface area (TPSA) is 52.6 Å². The number of rotatable bonds is 5. The first-order chi connectivity index (χ1) is 6.70. The number of hydrogen-bond acceptors (Lipinski definition) is 3. The van der Waals surface area contributed by atoms with Gasteiger partial charge in [0, 0.05) is 32.1 Å². The number of unbranched alkanes of at least 4 members (excludes halogenated alkanes) is 1. The molecule has 1 unspecified atom stereocenters. The van der Waals surface area contributed by atoms with E-state index in [1.807, 2.05) is 0 Å². The van der Waals surface area contributed by atoms with Crippen LogP contribution in [0.1, 0.15) is 25.7 Å². The first kappa shape index (κ1) is 11.5. The zero-order valence-corrected chi connectivity index (χ0v) is 8.83. The quantitative estimate of drug-likeness (QED) is 0.636. The molecular formula is C10H20N2O2. The number of aliphatic carboxylic acids is 1. The minimum atomic E-state index is -0.680. The molecule has 0 amide bonds. The number of nitrogens with zero attached hydrogens (tertiary/aromatic N) is 1. The Morgan fingerprint density at radius 2 is 2.36 bits per heavy atom. The van der Waals surface area contributed by atoms with Gasteiger partial charge >= 0.3 is 5.97 Å². The van der Waals surface area contributed by atoms with Gasteiger partial charge in [-0.05, 0) is 19.9 Å². The van der Waals surface area contributed by atoms with Crippen molar-refractivity contribution in [2.45, 2.75) is 31.7 Å². The van der Waals surface area contributed by atoms with E-state index in [0.717, 1.165) is 38.9 Å². The van der Waals surface area contributed by atoms with Crippen molar-refractivity contribution in [2.24, 2.45) is 0 Å². The van der Waals surface area contributed by atoms with Gasteiger partial charge in [0.1, 0.15) is 0 Å². The Morgan fingerprint density at radius 3 is 3.00 bits per heavy atom. The Morgan fingerprint density at radius 1 is 1.57 bits per heavy atom. The minimum absolute atomic E-state index is 0.309. The predicted octanol–water partition coefficient (Wildman–Crippen LogP) is 0.535. The lowest BCUT2D eigenvalue weighted by Crippen LogP contribution is -2.49. The zero-order chi connectivity index (χ0) is 10.4. The summed E-state index contributed by atoms with van der Waals surface area (Å²) in [7, 11) is 2.14. The lowest BCUT2D eigenvalue weighted by atomic mass is 10.1. The van der Waals surface area contributed by atoms with Gasteiger partial charge in [-0.15, -0.1) is 0 Å². The Kier molecular flexibility index (Phi) is 4.90. The van der Waals surface area contributed by atoms with Crippen molar-refractivity contribution in [1.82, 2.24) is 10.2 Å². The van der Waals surface area contributed by atoms with Gasteiger partial charge in [-0.2, -0.15) is 0 Å². The number of carbonyl (C=O) groups is 1. The van der Waals surface area contributed by atoms with Gasteiger partial charge in [-0.25, -0.2) is 0 Å². The Bertz CT molecular complexity index is 185. The second-order valence-corrected chi connectivity index (χ2v) is 3.98. The molecule has 1 saturated heterocycles. The van der Waals surface area contributed by atoms with E-state index in [2.05, 4.69) is 17.3 Å². The van der Waals surface area contributed by atoms with Crippen LogP contribution in [0, 0.1) is 0 Å². The zero-order valence-electron chi connectivity index (χ0n) is 8.83. The molecule has 0 radical (unpaired) electrons. The molecule has 2 N–H and O–H groups in total. The van der Waals surface area contributed by atoms with Gasteiger partial charge in [0.2, 0.25) is 0 Å². The average Bonchev–Trinajstić information content (AvgIpc) is 2.15. The lowest BCUT2D eigenvalue weighted by molar-refractivity contribution is -0.137. The van der Waals surface area contributed by atoms with E-state index in [0.29, 0.717) is 12.5 Å². The molecule has 82 valence electrons. The maximum Gasteiger partial charge on any atom is 0.303 e. The standard InChI is InChI=1S/C10H20N2O2/c1-12-7-6-11-8-9(12)4-2-3-5-10(13)14/h9,11H,2-8H2,1H3,(H,13,14). The van der Waals surface area contributed by atoms with E-state index in [-0.39, 0.29) is 0 Å². The second kappa shape index (κ2) is 5.98. The van der Waals surface area contributed by atoms with Crippen LogP contribution in [0.2, 0.25) is 0 Å². The van der Waals surface area contributed by atoms with Gasteiger partial charge in [-0.3, -0.25) is 4.79 Å². The van der Waals surface area contributed by atoms with Crippen molar-refractivity contribution in [2.75, 3.05) is 26.7 Å². The highest BCUT2D eigenvalue weighted by Gasteiger charge is 2.17. The molecular weight excluding hydrogens is 180 g/mol. The van der Waals surface area contributed by atoms with E-state index in [4.69, 9.17) is 5.11 Å². The summed E-state index contributed by atoms with van der Waals surface area (Å²) in [5, 5.41) is 11.8. The summed E-state index contributed by atoms with van der Waals surface area (Å²) in [6.45, 7) is 3.22. The molecule has 1 aliphatic heterocycles. The molecule has 14 heavy (non-hydrogen) atoms. The van der Waals surface area contributed by atoms with E-state index in [1.54, 1.807) is 0 Å². The van der Waals surface area contributed by atoms with Crippen molar-refractivity contribution in [1.29, 1.82) is 0 Å². The average molecular weight is 200 g/mol. The Hall–Kier alpha value is -0.610. The highest BCUT2D eigenvalue weighted by atomic mass is 16.4. The minimum Gasteiger partial charge on any atom is -0.481 e. The van der Waals surface area contributed by atoms with Crippen LogP contribution in [0.15, 0.2) is 0 Å². The van der Waals surface area contributed by atoms with Gasteiger partial charge in [0.15, 0.2) is 0 Å². The summed E-state index contributed by atoms with van der Waals surface area (Å²) in [5.74, 6) is -0.680. The number of hydrogen-bond donors (Lipinski definition) is 2. The lowest BCUT2D eigenvalue weighted by Gasteiger charge is -2.33. The summed E-state index contributed by atoms with van der Waals surface area (Å²) in [6, 6.07) is 0.595. The Balaban J connectivity index is 2.07. The van der Waals surface area contributed by atoms with Gasteiger partial charge < -0.3 is 15.3 Å². The Labute approximate surface area is 85.3 Å². The van der Waals surface area contributed by atoms with Crippen molar-refractivity contribution in [3.05, 3.63) is 0 Å². The third kappa shape index (κ3) is 4.07. The molecule has 4 nitrogen and oxygen atoms in total. The molecule has 4 heteroatoms. The van der Waals surface area contributed by atoms with Crippen molar-refractivity contribution < 1.29 is 9.90 Å². The van der Waals surface area contributed by atoms with Crippen molar-refractivity contribution in [3.63, 3.8) is 0 Å². The number of carboxylic acids is 1. The molecule has 0 saturated carbocycles. The fraction of sp³-hybridized carbons (Fsp3) is 0.900. The normalized spacial score (nSPS) is 23.6. The summed E-state index contributed by atoms with van der Waals surface area (Å²) in [5.41, 5.74) is 0. The molecule has 1 heterocycles. The predicted molar refractivity (Wildman–Crippen MR) is 55.4 cm³/mol. The molecule has 0 aromatic heterocycles. The largest absolute Gasteiger partial charge is 0.481 e. The van der Waals surface area contributed by atoms with Crippen LogP contribution in [0.3, 0.4) is 0 Å². The summed E-state index contributed by atoms with van der Waals surface area (Å²) in [6.07, 6.45) is 3.24. The van der Waals surface area contributed by atoms with Crippen molar-refractivity contribution in [3.8, 4) is 0 Å². The molecule has 0 spiro atoms. The van der Waals surface area contributed by atoms with Crippen LogP contribution < -0.4 is 5.32 Å². The highest BCUT2D eigenvalue weighted by Crippen LogP contribution is 2.10. The maximum atomic E-state index is 10.3. The van der Waals surface area contributed by atoms with Gasteiger partial charge in [0.05, 0.1) is 0 Å². The molecule has 0 aliphatic carbocycles. The van der Waals surface area contributed by atoms with Crippen LogP contribution in [-0.2, 0) is 4.79 Å². The van der Waals surface area contributed by atoms with E-state index >= 15 is 0 Å². The smallest absolute Gasteiger partial charge is 0.303 e.